The van der Waals surface area contributed by atoms with Gasteiger partial charge in [-0.2, -0.15) is 5.26 Å². The number of para-hydroxylation sites is 4. The largest absolute Gasteiger partial charge is 0.454 e. The third-order valence-electron chi connectivity index (χ3n) is 10.8. The number of hydrogen-bond donors (Lipinski definition) is 0. The van der Waals surface area contributed by atoms with Crippen LogP contribution in [0.25, 0.3) is 61.3 Å². The van der Waals surface area contributed by atoms with Crippen molar-refractivity contribution in [2.75, 3.05) is 0 Å². The number of nitriles is 1. The third-order valence-corrected chi connectivity index (χ3v) is 10.8. The van der Waals surface area contributed by atoms with Gasteiger partial charge in [0.2, 0.25) is 0 Å². The van der Waals surface area contributed by atoms with E-state index in [1.54, 1.807) is 6.20 Å². The summed E-state index contributed by atoms with van der Waals surface area (Å²) in [6.07, 6.45) is 6.86. The van der Waals surface area contributed by atoms with Gasteiger partial charge >= 0.3 is 0 Å². The Balaban J connectivity index is 1.28. The minimum atomic E-state index is -0.821. The van der Waals surface area contributed by atoms with Crippen molar-refractivity contribution in [2.24, 2.45) is 0 Å². The minimum absolute atomic E-state index is 0.509. The summed E-state index contributed by atoms with van der Waals surface area (Å²) < 4.78 is 9.69. The van der Waals surface area contributed by atoms with Crippen LogP contribution in [0.5, 0.6) is 11.5 Å². The molecule has 0 radical (unpaired) electrons. The number of ether oxygens (including phenoxy) is 1. The summed E-state index contributed by atoms with van der Waals surface area (Å²) in [6.45, 7) is 0. The van der Waals surface area contributed by atoms with Crippen LogP contribution in [0.2, 0.25) is 0 Å². The summed E-state index contributed by atoms with van der Waals surface area (Å²) in [5, 5.41) is 13.1. The van der Waals surface area contributed by atoms with Gasteiger partial charge in [-0.05, 0) is 47.5 Å². The summed E-state index contributed by atoms with van der Waals surface area (Å²) >= 11 is 0. The second-order valence-electron chi connectivity index (χ2n) is 13.3. The molecule has 11 rings (SSSR count). The molecule has 53 heavy (non-hydrogen) atoms. The van der Waals surface area contributed by atoms with E-state index < -0.39 is 5.41 Å². The zero-order chi connectivity index (χ0) is 35.1. The first-order valence-corrected chi connectivity index (χ1v) is 17.4. The van der Waals surface area contributed by atoms with Crippen LogP contribution in [0.3, 0.4) is 0 Å². The quantitative estimate of drug-likeness (QED) is 0.185. The van der Waals surface area contributed by atoms with E-state index in [4.69, 9.17) is 14.7 Å². The fraction of sp³-hybridized carbons (Fsp3) is 0.0217. The number of benzene rings is 5. The van der Waals surface area contributed by atoms with Gasteiger partial charge in [0.25, 0.3) is 0 Å². The van der Waals surface area contributed by atoms with Gasteiger partial charge in [-0.25, -0.2) is 9.97 Å². The van der Waals surface area contributed by atoms with Crippen LogP contribution in [-0.4, -0.2) is 24.5 Å². The van der Waals surface area contributed by atoms with E-state index in [0.717, 1.165) is 83.6 Å². The molecule has 0 saturated heterocycles. The van der Waals surface area contributed by atoms with E-state index in [-0.39, 0.29) is 0 Å². The Kier molecular flexibility index (Phi) is 6.10. The summed E-state index contributed by atoms with van der Waals surface area (Å²) in [5.41, 5.74) is 11.4. The lowest BCUT2D eigenvalue weighted by atomic mass is 9.65. The summed E-state index contributed by atoms with van der Waals surface area (Å²) in [5.74, 6) is 1.41. The van der Waals surface area contributed by atoms with Crippen LogP contribution in [0, 0.1) is 11.3 Å². The molecule has 246 valence electrons. The van der Waals surface area contributed by atoms with Crippen LogP contribution in [-0.2, 0) is 5.41 Å². The monoisotopic (exact) mass is 678 g/mol. The van der Waals surface area contributed by atoms with Gasteiger partial charge in [0, 0.05) is 57.2 Å². The highest BCUT2D eigenvalue weighted by Gasteiger charge is 2.53. The molecule has 0 bridgehead atoms. The first-order valence-electron chi connectivity index (χ1n) is 17.4. The standard InChI is InChI=1S/C46H26N6O/c47-26-33-28(12-5-13-29(33)38-22-25-48-27-51-38)32-14-6-15-36-44(32)53-45-37(46(36)34-17-8-23-49-42(34)43-35(46)18-9-24-50-43)16-7-21-41(45)52-39-19-3-1-10-30(39)31-11-2-4-20-40(31)52/h1-25,27H. The molecule has 7 heteroatoms. The lowest BCUT2D eigenvalue weighted by Gasteiger charge is -2.40. The van der Waals surface area contributed by atoms with Gasteiger partial charge < -0.3 is 9.30 Å². The van der Waals surface area contributed by atoms with E-state index >= 15 is 0 Å². The van der Waals surface area contributed by atoms with Crippen LogP contribution in [0.15, 0.2) is 158 Å². The Bertz CT molecular complexity index is 2920. The van der Waals surface area contributed by atoms with Gasteiger partial charge in [-0.15, -0.1) is 0 Å². The predicted molar refractivity (Wildman–Crippen MR) is 205 cm³/mol. The smallest absolute Gasteiger partial charge is 0.156 e. The number of nitrogens with zero attached hydrogens (tertiary/aromatic N) is 6. The minimum Gasteiger partial charge on any atom is -0.454 e. The lowest BCUT2D eigenvalue weighted by molar-refractivity contribution is 0.436. The first-order chi connectivity index (χ1) is 26.3. The molecular formula is C46H26N6O. The Morgan fingerprint density at radius 3 is 1.81 bits per heavy atom. The maximum Gasteiger partial charge on any atom is 0.156 e. The molecule has 2 aliphatic rings. The highest BCUT2D eigenvalue weighted by molar-refractivity contribution is 6.09. The molecule has 5 aromatic carbocycles. The number of pyridine rings is 2. The molecule has 9 aromatic rings. The van der Waals surface area contributed by atoms with Crippen molar-refractivity contribution >= 4 is 21.8 Å². The van der Waals surface area contributed by atoms with Crippen molar-refractivity contribution in [1.29, 1.82) is 5.26 Å². The van der Waals surface area contributed by atoms with Gasteiger partial charge in [-0.1, -0.05) is 97.1 Å². The van der Waals surface area contributed by atoms with Gasteiger partial charge in [0.15, 0.2) is 5.75 Å². The SMILES string of the molecule is N#Cc1c(-c2ccncn2)cccc1-c1cccc2c1Oc1c(-n3c4ccccc4c4ccccc43)cccc1C21c2cccnc2-c2ncccc21. The van der Waals surface area contributed by atoms with E-state index in [0.29, 0.717) is 17.0 Å². The zero-order valence-corrected chi connectivity index (χ0v) is 28.1. The number of aromatic nitrogens is 5. The van der Waals surface area contributed by atoms with Crippen molar-refractivity contribution in [1.82, 2.24) is 24.5 Å². The Morgan fingerprint density at radius 1 is 0.528 bits per heavy atom. The normalized spacial score (nSPS) is 13.2. The van der Waals surface area contributed by atoms with Crippen LogP contribution in [0.4, 0.5) is 0 Å². The maximum atomic E-state index is 10.8. The molecular weight excluding hydrogens is 653 g/mol. The molecule has 0 atom stereocenters. The average Bonchev–Trinajstić information content (AvgIpc) is 3.72. The topological polar surface area (TPSA) is 89.5 Å². The third kappa shape index (κ3) is 3.86. The second-order valence-corrected chi connectivity index (χ2v) is 13.3. The molecule has 0 amide bonds. The Morgan fingerprint density at radius 2 is 1.13 bits per heavy atom. The van der Waals surface area contributed by atoms with Gasteiger partial charge in [0.1, 0.15) is 18.1 Å². The van der Waals surface area contributed by atoms with Crippen molar-refractivity contribution in [3.63, 3.8) is 0 Å². The van der Waals surface area contributed by atoms with Crippen molar-refractivity contribution < 1.29 is 4.74 Å². The lowest BCUT2D eigenvalue weighted by Crippen LogP contribution is -2.33. The molecule has 0 unspecified atom stereocenters. The molecule has 4 aromatic heterocycles. The molecule has 0 saturated carbocycles. The highest BCUT2D eigenvalue weighted by Crippen LogP contribution is 2.63. The van der Waals surface area contributed by atoms with Gasteiger partial charge in [-0.3, -0.25) is 9.97 Å². The van der Waals surface area contributed by atoms with E-state index in [1.807, 2.05) is 54.9 Å². The fourth-order valence-electron chi connectivity index (χ4n) is 8.77. The summed E-state index contributed by atoms with van der Waals surface area (Å²) in [6, 6.07) is 48.3. The summed E-state index contributed by atoms with van der Waals surface area (Å²) in [7, 11) is 0. The van der Waals surface area contributed by atoms with Crippen LogP contribution >= 0.6 is 0 Å². The van der Waals surface area contributed by atoms with E-state index in [1.165, 1.54) is 6.33 Å². The molecule has 0 N–H and O–H groups in total. The first kappa shape index (κ1) is 29.3. The average molecular weight is 679 g/mol. The molecule has 1 aliphatic carbocycles. The molecule has 1 aliphatic heterocycles. The Labute approximate surface area is 304 Å². The zero-order valence-electron chi connectivity index (χ0n) is 28.1. The van der Waals surface area contributed by atoms with Crippen molar-refractivity contribution in [3.8, 4) is 57.0 Å². The van der Waals surface area contributed by atoms with Crippen LogP contribution in [0.1, 0.15) is 27.8 Å². The maximum absolute atomic E-state index is 10.8. The number of rotatable bonds is 3. The fourth-order valence-corrected chi connectivity index (χ4v) is 8.77. The predicted octanol–water partition coefficient (Wildman–Crippen LogP) is 10.0. The second kappa shape index (κ2) is 11.0. The van der Waals surface area contributed by atoms with E-state index in [9.17, 15) is 5.26 Å². The Hall–Kier alpha value is -7.43. The summed E-state index contributed by atoms with van der Waals surface area (Å²) in [4.78, 5) is 18.5. The molecule has 0 fully saturated rings. The van der Waals surface area contributed by atoms with Crippen molar-refractivity contribution in [2.45, 2.75) is 5.41 Å². The van der Waals surface area contributed by atoms with Crippen LogP contribution < -0.4 is 4.74 Å². The number of hydrogen-bond acceptors (Lipinski definition) is 6. The van der Waals surface area contributed by atoms with Crippen molar-refractivity contribution in [3.05, 3.63) is 186 Å². The molecule has 5 heterocycles. The number of fused-ring (bicyclic) bond motifs is 12. The van der Waals surface area contributed by atoms with E-state index in [2.05, 4.69) is 112 Å². The molecule has 7 nitrogen and oxygen atoms in total. The molecule has 1 spiro atoms. The van der Waals surface area contributed by atoms with Gasteiger partial charge in [0.05, 0.1) is 44.8 Å². The highest BCUT2D eigenvalue weighted by atomic mass is 16.5.